The second-order valence-electron chi connectivity index (χ2n) is 2.67. The lowest BCUT2D eigenvalue weighted by molar-refractivity contribution is -0.136. The molecule has 1 atom stereocenters. The van der Waals surface area contributed by atoms with Crippen LogP contribution in [0.5, 0.6) is 0 Å². The predicted octanol–water partition coefficient (Wildman–Crippen LogP) is 1.27. The molecule has 0 fully saturated rings. The highest BCUT2D eigenvalue weighted by Crippen LogP contribution is 1.83. The van der Waals surface area contributed by atoms with Gasteiger partial charge >= 0.3 is 5.97 Å². The normalized spacial score (nSPS) is 11.4. The Hall–Kier alpha value is -0.610. The smallest absolute Gasteiger partial charge is 0.303 e. The van der Waals surface area contributed by atoms with Crippen molar-refractivity contribution in [2.75, 3.05) is 13.2 Å². The van der Waals surface area contributed by atoms with Crippen LogP contribution in [0.15, 0.2) is 0 Å². The van der Waals surface area contributed by atoms with Crippen LogP contribution in [0.4, 0.5) is 0 Å². The number of aliphatic hydroxyl groups is 1. The van der Waals surface area contributed by atoms with E-state index in [4.69, 9.17) is 14.9 Å². The fraction of sp³-hybridized carbons (Fsp3) is 0.889. The first-order valence-electron chi connectivity index (χ1n) is 4.52. The van der Waals surface area contributed by atoms with Crippen molar-refractivity contribution in [1.82, 2.24) is 0 Å². The number of carboxylic acids is 1. The molecule has 0 radical (unpaired) electrons. The van der Waals surface area contributed by atoms with Crippen molar-refractivity contribution in [2.45, 2.75) is 39.7 Å². The van der Waals surface area contributed by atoms with Crippen LogP contribution in [0.1, 0.15) is 33.6 Å². The summed E-state index contributed by atoms with van der Waals surface area (Å²) in [6.45, 7) is 6.58. The third-order valence-corrected chi connectivity index (χ3v) is 1.01. The maximum Gasteiger partial charge on any atom is 0.303 e. The number of aliphatic carboxylic acids is 1. The lowest BCUT2D eigenvalue weighted by atomic mass is 10.4. The number of carboxylic acid groups (broad SMARTS) is 1. The molecule has 0 rings (SSSR count). The summed E-state index contributed by atoms with van der Waals surface area (Å²) in [6, 6.07) is 0. The fourth-order valence-electron chi connectivity index (χ4n) is 0.398. The van der Waals surface area contributed by atoms with E-state index in [0.29, 0.717) is 6.61 Å². The molecule has 1 unspecified atom stereocenters. The highest BCUT2D eigenvalue weighted by atomic mass is 16.5. The van der Waals surface area contributed by atoms with E-state index in [2.05, 4.69) is 0 Å². The van der Waals surface area contributed by atoms with E-state index in [1.165, 1.54) is 0 Å². The van der Waals surface area contributed by atoms with E-state index in [1.807, 2.05) is 6.92 Å². The lowest BCUT2D eigenvalue weighted by Gasteiger charge is -2.02. The predicted molar refractivity (Wildman–Crippen MR) is 50.7 cm³/mol. The van der Waals surface area contributed by atoms with Crippen LogP contribution < -0.4 is 0 Å². The fourth-order valence-corrected chi connectivity index (χ4v) is 0.398. The minimum Gasteiger partial charge on any atom is -0.481 e. The highest BCUT2D eigenvalue weighted by Gasteiger charge is 1.91. The summed E-state index contributed by atoms with van der Waals surface area (Å²) in [7, 11) is 0. The second kappa shape index (κ2) is 11.4. The maximum absolute atomic E-state index is 9.37. The molecule has 0 aliphatic rings. The molecular formula is C9H20O4. The average Bonchev–Trinajstić information content (AvgIpc) is 2.05. The molecule has 0 saturated carbocycles. The summed E-state index contributed by atoms with van der Waals surface area (Å²) in [4.78, 5) is 9.37. The molecular weight excluding hydrogens is 172 g/mol. The van der Waals surface area contributed by atoms with Gasteiger partial charge in [0.05, 0.1) is 12.7 Å². The van der Waals surface area contributed by atoms with Gasteiger partial charge < -0.3 is 14.9 Å². The van der Waals surface area contributed by atoms with Gasteiger partial charge in [0.25, 0.3) is 0 Å². The molecule has 13 heavy (non-hydrogen) atoms. The van der Waals surface area contributed by atoms with Gasteiger partial charge in [-0.3, -0.25) is 4.79 Å². The summed E-state index contributed by atoms with van der Waals surface area (Å²) in [5.74, 6) is -0.745. The zero-order chi connectivity index (χ0) is 10.7. The SMILES string of the molecule is CCC(=O)O.CCCOCC(C)O. The van der Waals surface area contributed by atoms with Crippen molar-refractivity contribution in [2.24, 2.45) is 0 Å². The van der Waals surface area contributed by atoms with Crippen molar-refractivity contribution in [3.8, 4) is 0 Å². The summed E-state index contributed by atoms with van der Waals surface area (Å²) >= 11 is 0. The Kier molecular flexibility index (Phi) is 13.0. The Balaban J connectivity index is 0. The molecule has 0 aromatic heterocycles. The van der Waals surface area contributed by atoms with Gasteiger partial charge in [0.1, 0.15) is 0 Å². The Morgan fingerprint density at radius 1 is 1.46 bits per heavy atom. The number of hydrogen-bond acceptors (Lipinski definition) is 3. The summed E-state index contributed by atoms with van der Waals surface area (Å²) in [5, 5.41) is 16.4. The van der Waals surface area contributed by atoms with Crippen LogP contribution in [0.2, 0.25) is 0 Å². The molecule has 0 spiro atoms. The molecule has 0 saturated heterocycles. The molecule has 0 amide bonds. The maximum atomic E-state index is 9.37. The van der Waals surface area contributed by atoms with Crippen LogP contribution in [0, 0.1) is 0 Å². The Morgan fingerprint density at radius 3 is 2.15 bits per heavy atom. The minimum atomic E-state index is -0.745. The molecule has 0 aromatic carbocycles. The second-order valence-corrected chi connectivity index (χ2v) is 2.67. The summed E-state index contributed by atoms with van der Waals surface area (Å²) in [5.41, 5.74) is 0. The average molecular weight is 192 g/mol. The van der Waals surface area contributed by atoms with E-state index in [-0.39, 0.29) is 12.5 Å². The van der Waals surface area contributed by atoms with Gasteiger partial charge in [0, 0.05) is 13.0 Å². The monoisotopic (exact) mass is 192 g/mol. The van der Waals surface area contributed by atoms with Crippen molar-refractivity contribution >= 4 is 5.97 Å². The third kappa shape index (κ3) is 24.6. The first kappa shape index (κ1) is 14.9. The van der Waals surface area contributed by atoms with Crippen LogP contribution in [-0.2, 0) is 9.53 Å². The van der Waals surface area contributed by atoms with Crippen LogP contribution in [0.25, 0.3) is 0 Å². The molecule has 0 aromatic rings. The number of aliphatic hydroxyl groups excluding tert-OH is 1. The number of ether oxygens (including phenoxy) is 1. The van der Waals surface area contributed by atoms with Crippen molar-refractivity contribution in [3.63, 3.8) is 0 Å². The largest absolute Gasteiger partial charge is 0.481 e. The lowest BCUT2D eigenvalue weighted by Crippen LogP contribution is -2.10. The zero-order valence-corrected chi connectivity index (χ0v) is 8.62. The molecule has 0 aliphatic heterocycles. The number of hydrogen-bond donors (Lipinski definition) is 2. The Labute approximate surface area is 79.5 Å². The summed E-state index contributed by atoms with van der Waals surface area (Å²) < 4.78 is 4.99. The first-order chi connectivity index (χ1) is 6.04. The van der Waals surface area contributed by atoms with Crippen LogP contribution in [-0.4, -0.2) is 35.5 Å². The number of carbonyl (C=O) groups is 1. The molecule has 2 N–H and O–H groups in total. The number of rotatable bonds is 5. The van der Waals surface area contributed by atoms with E-state index >= 15 is 0 Å². The highest BCUT2D eigenvalue weighted by molar-refractivity contribution is 5.66. The van der Waals surface area contributed by atoms with Gasteiger partial charge in [-0.1, -0.05) is 13.8 Å². The third-order valence-electron chi connectivity index (χ3n) is 1.01. The van der Waals surface area contributed by atoms with Crippen molar-refractivity contribution in [3.05, 3.63) is 0 Å². The van der Waals surface area contributed by atoms with Gasteiger partial charge in [-0.15, -0.1) is 0 Å². The van der Waals surface area contributed by atoms with Gasteiger partial charge in [-0.2, -0.15) is 0 Å². The topological polar surface area (TPSA) is 66.8 Å². The zero-order valence-electron chi connectivity index (χ0n) is 8.62. The Morgan fingerprint density at radius 2 is 1.92 bits per heavy atom. The van der Waals surface area contributed by atoms with Gasteiger partial charge in [-0.05, 0) is 13.3 Å². The Bertz CT molecular complexity index is 112. The standard InChI is InChI=1S/C6H14O2.C3H6O2/c1-3-4-8-5-6(2)7;1-2-3(4)5/h6-7H,3-5H2,1-2H3;2H2,1H3,(H,4,5). The molecule has 80 valence electrons. The van der Waals surface area contributed by atoms with Crippen molar-refractivity contribution < 1.29 is 19.7 Å². The van der Waals surface area contributed by atoms with Crippen LogP contribution in [0.3, 0.4) is 0 Å². The quantitative estimate of drug-likeness (QED) is 0.644. The molecule has 4 nitrogen and oxygen atoms in total. The van der Waals surface area contributed by atoms with Crippen LogP contribution >= 0.6 is 0 Å². The van der Waals surface area contributed by atoms with Gasteiger partial charge in [-0.25, -0.2) is 0 Å². The summed E-state index contributed by atoms with van der Waals surface area (Å²) in [6.07, 6.45) is 0.925. The van der Waals surface area contributed by atoms with E-state index < -0.39 is 5.97 Å². The minimum absolute atomic E-state index is 0.222. The molecule has 0 aliphatic carbocycles. The van der Waals surface area contributed by atoms with E-state index in [9.17, 15) is 4.79 Å². The molecule has 0 bridgehead atoms. The first-order valence-corrected chi connectivity index (χ1v) is 4.52. The van der Waals surface area contributed by atoms with Gasteiger partial charge in [0.15, 0.2) is 0 Å². The van der Waals surface area contributed by atoms with Gasteiger partial charge in [0.2, 0.25) is 0 Å². The molecule has 4 heteroatoms. The van der Waals surface area contributed by atoms with E-state index in [0.717, 1.165) is 13.0 Å². The molecule has 0 heterocycles. The van der Waals surface area contributed by atoms with E-state index in [1.54, 1.807) is 13.8 Å². The van der Waals surface area contributed by atoms with Crippen molar-refractivity contribution in [1.29, 1.82) is 0 Å².